The van der Waals surface area contributed by atoms with Gasteiger partial charge < -0.3 is 30.6 Å². The SMILES string of the molecule is O=[N+]([O-])[O-].O=[N+]([O-])[O-].[Pd+2].[Pd+2].c1ccc(-c2ccccn2)nc1.c1ccc(-c2ccccn2)nc1. The molecule has 0 radical (unpaired) electrons. The Kier molecular flexibility index (Phi) is 19.1. The van der Waals surface area contributed by atoms with Crippen LogP contribution in [-0.4, -0.2) is 30.1 Å². The van der Waals surface area contributed by atoms with E-state index in [-0.39, 0.29) is 40.8 Å². The van der Waals surface area contributed by atoms with E-state index in [2.05, 4.69) is 19.9 Å². The Labute approximate surface area is 221 Å². The average Bonchev–Trinajstić information content (AvgIpc) is 2.81. The van der Waals surface area contributed by atoms with Crippen molar-refractivity contribution in [1.29, 1.82) is 0 Å². The van der Waals surface area contributed by atoms with E-state index in [0.29, 0.717) is 0 Å². The first-order valence-corrected chi connectivity index (χ1v) is 8.68. The summed E-state index contributed by atoms with van der Waals surface area (Å²) in [6.45, 7) is 0. The Morgan fingerprint density at radius 1 is 0.441 bits per heavy atom. The second-order valence-electron chi connectivity index (χ2n) is 5.31. The quantitative estimate of drug-likeness (QED) is 0.176. The van der Waals surface area contributed by atoms with Crippen LogP contribution < -0.4 is 0 Å². The van der Waals surface area contributed by atoms with Gasteiger partial charge in [0, 0.05) is 24.8 Å². The standard InChI is InChI=1S/2C10H8N2.2NO3.2Pd/c2*1-3-7-11-9(5-1)10-6-2-4-8-12-10;2*2-1(3)4;;/h2*1-8H;;;;/q;;2*-1;2*+2. The summed E-state index contributed by atoms with van der Waals surface area (Å²) in [4.78, 5) is 33.2. The summed E-state index contributed by atoms with van der Waals surface area (Å²) in [6, 6.07) is 23.2. The van der Waals surface area contributed by atoms with Crippen LogP contribution in [0.15, 0.2) is 97.6 Å². The molecule has 180 valence electrons. The van der Waals surface area contributed by atoms with Gasteiger partial charge in [0.25, 0.3) is 0 Å². The third-order valence-corrected chi connectivity index (χ3v) is 3.18. The van der Waals surface area contributed by atoms with Crippen LogP contribution in [0.2, 0.25) is 0 Å². The molecule has 0 aliphatic heterocycles. The van der Waals surface area contributed by atoms with Crippen molar-refractivity contribution in [2.24, 2.45) is 0 Å². The largest absolute Gasteiger partial charge is 2.00 e. The Balaban J connectivity index is 0. The van der Waals surface area contributed by atoms with Gasteiger partial charge in [0.15, 0.2) is 0 Å². The van der Waals surface area contributed by atoms with Crippen LogP contribution in [0.25, 0.3) is 22.8 Å². The van der Waals surface area contributed by atoms with Crippen molar-refractivity contribution in [1.82, 2.24) is 19.9 Å². The van der Waals surface area contributed by atoms with Gasteiger partial charge in [-0.05, 0) is 48.5 Å². The summed E-state index contributed by atoms with van der Waals surface area (Å²) in [5.41, 5.74) is 3.66. The van der Waals surface area contributed by atoms with Crippen molar-refractivity contribution in [3.63, 3.8) is 0 Å². The molecule has 4 rings (SSSR count). The summed E-state index contributed by atoms with van der Waals surface area (Å²) in [5.74, 6) is 0. The van der Waals surface area contributed by atoms with E-state index in [1.54, 1.807) is 24.8 Å². The van der Waals surface area contributed by atoms with Crippen LogP contribution in [0.1, 0.15) is 0 Å². The molecule has 4 aromatic heterocycles. The Hall–Kier alpha value is -3.68. The molecule has 0 saturated carbocycles. The van der Waals surface area contributed by atoms with Gasteiger partial charge in [-0.25, -0.2) is 0 Å². The molecule has 34 heavy (non-hydrogen) atoms. The molecule has 0 bridgehead atoms. The van der Waals surface area contributed by atoms with Crippen LogP contribution in [0.5, 0.6) is 0 Å². The molecule has 4 aromatic rings. The zero-order valence-electron chi connectivity index (χ0n) is 17.0. The predicted molar refractivity (Wildman–Crippen MR) is 116 cm³/mol. The molecular formula is C20H16N6O6Pd2+2. The fourth-order valence-corrected chi connectivity index (χ4v) is 2.06. The summed E-state index contributed by atoms with van der Waals surface area (Å²) < 4.78 is 0. The van der Waals surface area contributed by atoms with Crippen molar-refractivity contribution in [2.75, 3.05) is 0 Å². The fraction of sp³-hybridized carbons (Fsp3) is 0. The number of hydrogen-bond acceptors (Lipinski definition) is 10. The van der Waals surface area contributed by atoms with E-state index in [0.717, 1.165) is 22.8 Å². The molecule has 0 atom stereocenters. The zero-order valence-corrected chi connectivity index (χ0v) is 20.1. The maximum absolute atomic E-state index is 8.25. The second kappa shape index (κ2) is 20.0. The van der Waals surface area contributed by atoms with Crippen molar-refractivity contribution < 1.29 is 51.0 Å². The van der Waals surface area contributed by atoms with E-state index >= 15 is 0 Å². The maximum atomic E-state index is 8.25. The average molecular weight is 649 g/mol. The van der Waals surface area contributed by atoms with Gasteiger partial charge in [0.1, 0.15) is 0 Å². The summed E-state index contributed by atoms with van der Waals surface area (Å²) in [5, 5.41) is 29.5. The Morgan fingerprint density at radius 3 is 0.735 bits per heavy atom. The van der Waals surface area contributed by atoms with Crippen molar-refractivity contribution in [2.45, 2.75) is 0 Å². The zero-order chi connectivity index (χ0) is 23.6. The first-order chi connectivity index (χ1) is 15.4. The monoisotopic (exact) mass is 648 g/mol. The summed E-state index contributed by atoms with van der Waals surface area (Å²) in [7, 11) is 0. The van der Waals surface area contributed by atoms with Crippen LogP contribution in [-0.2, 0) is 40.8 Å². The molecule has 0 fully saturated rings. The molecule has 4 heterocycles. The maximum Gasteiger partial charge on any atom is 2.00 e. The van der Waals surface area contributed by atoms with E-state index < -0.39 is 10.2 Å². The number of pyridine rings is 4. The van der Waals surface area contributed by atoms with Crippen molar-refractivity contribution in [3.8, 4) is 22.8 Å². The molecule has 0 aliphatic rings. The van der Waals surface area contributed by atoms with Gasteiger partial charge in [-0.15, -0.1) is 0 Å². The third-order valence-electron chi connectivity index (χ3n) is 3.18. The Bertz CT molecular complexity index is 882. The van der Waals surface area contributed by atoms with Gasteiger partial charge in [0.05, 0.1) is 32.9 Å². The first kappa shape index (κ1) is 32.5. The number of aromatic nitrogens is 4. The van der Waals surface area contributed by atoms with Crippen LogP contribution in [0, 0.1) is 30.6 Å². The minimum absolute atomic E-state index is 0. The van der Waals surface area contributed by atoms with E-state index in [9.17, 15) is 0 Å². The van der Waals surface area contributed by atoms with E-state index in [4.69, 9.17) is 30.6 Å². The van der Waals surface area contributed by atoms with E-state index in [1.807, 2.05) is 72.8 Å². The topological polar surface area (TPSA) is 184 Å². The molecule has 0 spiro atoms. The van der Waals surface area contributed by atoms with Gasteiger partial charge in [-0.3, -0.25) is 19.9 Å². The first-order valence-electron chi connectivity index (χ1n) is 8.68. The number of nitrogens with zero attached hydrogens (tertiary/aromatic N) is 6. The second-order valence-corrected chi connectivity index (χ2v) is 5.31. The molecule has 0 saturated heterocycles. The Morgan fingerprint density at radius 2 is 0.618 bits per heavy atom. The van der Waals surface area contributed by atoms with E-state index in [1.165, 1.54) is 0 Å². The molecule has 0 aliphatic carbocycles. The summed E-state index contributed by atoms with van der Waals surface area (Å²) in [6.07, 6.45) is 7.07. The van der Waals surface area contributed by atoms with Gasteiger partial charge in [-0.1, -0.05) is 24.3 Å². The van der Waals surface area contributed by atoms with Crippen LogP contribution in [0.3, 0.4) is 0 Å². The smallest absolute Gasteiger partial charge is 0.356 e. The minimum Gasteiger partial charge on any atom is -0.356 e. The molecule has 0 amide bonds. The van der Waals surface area contributed by atoms with Gasteiger partial charge >= 0.3 is 40.8 Å². The molecule has 12 nitrogen and oxygen atoms in total. The van der Waals surface area contributed by atoms with Crippen molar-refractivity contribution in [3.05, 3.63) is 128 Å². The van der Waals surface area contributed by atoms with Crippen LogP contribution in [0.4, 0.5) is 0 Å². The molecule has 0 aromatic carbocycles. The number of hydrogen-bond donors (Lipinski definition) is 0. The van der Waals surface area contributed by atoms with Crippen molar-refractivity contribution >= 4 is 0 Å². The molecule has 14 heteroatoms. The minimum atomic E-state index is -1.75. The number of rotatable bonds is 2. The molecular weight excluding hydrogens is 633 g/mol. The summed E-state index contributed by atoms with van der Waals surface area (Å²) >= 11 is 0. The van der Waals surface area contributed by atoms with Gasteiger partial charge in [-0.2, -0.15) is 0 Å². The van der Waals surface area contributed by atoms with Gasteiger partial charge in [0.2, 0.25) is 0 Å². The molecule has 0 N–H and O–H groups in total. The predicted octanol–water partition coefficient (Wildman–Crippen LogP) is 3.80. The normalized spacial score (nSPS) is 8.24. The third kappa shape index (κ3) is 16.0. The van der Waals surface area contributed by atoms with Crippen LogP contribution >= 0.6 is 0 Å². The fourth-order valence-electron chi connectivity index (χ4n) is 2.06. The molecule has 0 unspecified atom stereocenters.